The van der Waals surface area contributed by atoms with Crippen molar-refractivity contribution in [3.05, 3.63) is 17.1 Å². The number of hydrogen-bond donors (Lipinski definition) is 1. The van der Waals surface area contributed by atoms with E-state index in [2.05, 4.69) is 26.1 Å². The zero-order valence-electron chi connectivity index (χ0n) is 13.3. The number of aromatic nitrogens is 2. The van der Waals surface area contributed by atoms with Gasteiger partial charge in [0.05, 0.1) is 0 Å². The number of rotatable bonds is 6. The fourth-order valence-corrected chi connectivity index (χ4v) is 3.08. The van der Waals surface area contributed by atoms with Crippen LogP contribution in [0.25, 0.3) is 0 Å². The monoisotopic (exact) mass is 277 g/mol. The summed E-state index contributed by atoms with van der Waals surface area (Å²) in [5, 5.41) is 3.45. The summed E-state index contributed by atoms with van der Waals surface area (Å²) in [7, 11) is 1.79. The molecular weight excluding hydrogens is 250 g/mol. The van der Waals surface area contributed by atoms with Gasteiger partial charge in [-0.05, 0) is 45.4 Å². The Hall–Kier alpha value is -1.16. The molecule has 2 rings (SSSR count). The molecule has 1 aliphatic carbocycles. The van der Waals surface area contributed by atoms with E-state index in [4.69, 9.17) is 14.7 Å². The van der Waals surface area contributed by atoms with Crippen molar-refractivity contribution in [2.75, 3.05) is 19.0 Å². The molecule has 1 aromatic heterocycles. The molecule has 1 aliphatic rings. The fourth-order valence-electron chi connectivity index (χ4n) is 3.08. The van der Waals surface area contributed by atoms with Crippen LogP contribution in [-0.4, -0.2) is 23.6 Å². The summed E-state index contributed by atoms with van der Waals surface area (Å²) in [6.45, 7) is 7.35. The number of nitrogens with zero attached hydrogens (tertiary/aromatic N) is 2. The van der Waals surface area contributed by atoms with Crippen molar-refractivity contribution in [1.82, 2.24) is 9.97 Å². The Morgan fingerprint density at radius 3 is 2.45 bits per heavy atom. The van der Waals surface area contributed by atoms with Gasteiger partial charge in [-0.1, -0.05) is 13.8 Å². The summed E-state index contributed by atoms with van der Waals surface area (Å²) in [4.78, 5) is 9.58. The van der Waals surface area contributed by atoms with E-state index in [-0.39, 0.29) is 5.60 Å². The van der Waals surface area contributed by atoms with Crippen molar-refractivity contribution in [2.45, 2.75) is 64.9 Å². The Labute approximate surface area is 122 Å². The molecule has 0 atom stereocenters. The van der Waals surface area contributed by atoms with E-state index in [1.54, 1.807) is 7.11 Å². The second-order valence-corrected chi connectivity index (χ2v) is 5.65. The molecule has 1 N–H and O–H groups in total. The predicted molar refractivity (Wildman–Crippen MR) is 82.1 cm³/mol. The quantitative estimate of drug-likeness (QED) is 0.863. The van der Waals surface area contributed by atoms with Crippen molar-refractivity contribution in [1.29, 1.82) is 0 Å². The van der Waals surface area contributed by atoms with E-state index >= 15 is 0 Å². The van der Waals surface area contributed by atoms with Crippen LogP contribution in [0.4, 0.5) is 5.82 Å². The predicted octanol–water partition coefficient (Wildman–Crippen LogP) is 3.59. The summed E-state index contributed by atoms with van der Waals surface area (Å²) >= 11 is 0. The molecule has 0 radical (unpaired) electrons. The SMILES string of the molecule is CCCNc1nc(C2(OC)CCCC2)nc(C)c1CC. The molecule has 0 spiro atoms. The van der Waals surface area contributed by atoms with Crippen molar-refractivity contribution in [3.8, 4) is 0 Å². The maximum absolute atomic E-state index is 5.82. The lowest BCUT2D eigenvalue weighted by atomic mass is 10.00. The van der Waals surface area contributed by atoms with Gasteiger partial charge in [-0.2, -0.15) is 0 Å². The second kappa shape index (κ2) is 6.53. The normalized spacial score (nSPS) is 17.4. The summed E-state index contributed by atoms with van der Waals surface area (Å²) in [6.07, 6.45) is 6.51. The highest BCUT2D eigenvalue weighted by molar-refractivity contribution is 5.47. The van der Waals surface area contributed by atoms with Gasteiger partial charge in [0.1, 0.15) is 11.4 Å². The third kappa shape index (κ3) is 2.80. The van der Waals surface area contributed by atoms with Crippen LogP contribution in [0, 0.1) is 6.92 Å². The molecular formula is C16H27N3O. The van der Waals surface area contributed by atoms with Gasteiger partial charge in [0.25, 0.3) is 0 Å². The zero-order valence-corrected chi connectivity index (χ0v) is 13.3. The Bertz CT molecular complexity index is 453. The summed E-state index contributed by atoms with van der Waals surface area (Å²) < 4.78 is 5.82. The van der Waals surface area contributed by atoms with Crippen LogP contribution in [-0.2, 0) is 16.8 Å². The van der Waals surface area contributed by atoms with E-state index in [1.807, 2.05) is 0 Å². The van der Waals surface area contributed by atoms with Gasteiger partial charge < -0.3 is 10.1 Å². The highest BCUT2D eigenvalue weighted by Gasteiger charge is 2.39. The first-order valence-corrected chi connectivity index (χ1v) is 7.84. The standard InChI is InChI=1S/C16H27N3O/c1-5-11-17-14-13(6-2)12(3)18-15(19-14)16(20-4)9-7-8-10-16/h5-11H2,1-4H3,(H,17,18,19). The number of anilines is 1. The summed E-state index contributed by atoms with van der Waals surface area (Å²) in [6, 6.07) is 0. The van der Waals surface area contributed by atoms with E-state index < -0.39 is 0 Å². The second-order valence-electron chi connectivity index (χ2n) is 5.65. The Kier molecular flexibility index (Phi) is 4.97. The van der Waals surface area contributed by atoms with Gasteiger partial charge in [0.15, 0.2) is 5.82 Å². The molecule has 1 aromatic rings. The topological polar surface area (TPSA) is 47.0 Å². The molecule has 0 unspecified atom stereocenters. The Balaban J connectivity index is 2.41. The van der Waals surface area contributed by atoms with Gasteiger partial charge in [-0.15, -0.1) is 0 Å². The lowest BCUT2D eigenvalue weighted by molar-refractivity contribution is -0.0163. The van der Waals surface area contributed by atoms with Gasteiger partial charge in [-0.25, -0.2) is 9.97 Å². The van der Waals surface area contributed by atoms with Crippen LogP contribution in [0.3, 0.4) is 0 Å². The van der Waals surface area contributed by atoms with Crippen LogP contribution >= 0.6 is 0 Å². The lowest BCUT2D eigenvalue weighted by Gasteiger charge is -2.27. The summed E-state index contributed by atoms with van der Waals surface area (Å²) in [5.41, 5.74) is 2.05. The molecule has 4 heteroatoms. The Morgan fingerprint density at radius 2 is 1.90 bits per heavy atom. The van der Waals surface area contributed by atoms with Gasteiger partial charge >= 0.3 is 0 Å². The molecule has 0 amide bonds. The van der Waals surface area contributed by atoms with Crippen molar-refractivity contribution >= 4 is 5.82 Å². The number of hydrogen-bond acceptors (Lipinski definition) is 4. The average molecular weight is 277 g/mol. The number of ether oxygens (including phenoxy) is 1. The fraction of sp³-hybridized carbons (Fsp3) is 0.750. The first-order chi connectivity index (χ1) is 9.66. The van der Waals surface area contributed by atoms with Gasteiger partial charge in [0, 0.05) is 24.9 Å². The zero-order chi connectivity index (χ0) is 14.6. The van der Waals surface area contributed by atoms with Gasteiger partial charge in [0.2, 0.25) is 0 Å². The molecule has 0 aliphatic heterocycles. The van der Waals surface area contributed by atoms with Crippen LogP contribution < -0.4 is 5.32 Å². The minimum atomic E-state index is -0.264. The van der Waals surface area contributed by atoms with Crippen LogP contribution in [0.1, 0.15) is 63.0 Å². The maximum atomic E-state index is 5.82. The maximum Gasteiger partial charge on any atom is 0.162 e. The minimum Gasteiger partial charge on any atom is -0.370 e. The molecule has 1 saturated carbocycles. The van der Waals surface area contributed by atoms with E-state index in [0.717, 1.165) is 49.6 Å². The molecule has 0 saturated heterocycles. The number of aryl methyl sites for hydroxylation is 1. The van der Waals surface area contributed by atoms with E-state index in [9.17, 15) is 0 Å². The van der Waals surface area contributed by atoms with Crippen molar-refractivity contribution in [3.63, 3.8) is 0 Å². The third-order valence-corrected chi connectivity index (χ3v) is 4.32. The first kappa shape index (κ1) is 15.2. The molecule has 1 fully saturated rings. The van der Waals surface area contributed by atoms with Crippen LogP contribution in [0.15, 0.2) is 0 Å². The van der Waals surface area contributed by atoms with Gasteiger partial charge in [-0.3, -0.25) is 0 Å². The highest BCUT2D eigenvalue weighted by Crippen LogP contribution is 2.40. The third-order valence-electron chi connectivity index (χ3n) is 4.32. The number of nitrogens with one attached hydrogen (secondary N) is 1. The van der Waals surface area contributed by atoms with Crippen LogP contribution in [0.5, 0.6) is 0 Å². The first-order valence-electron chi connectivity index (χ1n) is 7.84. The molecule has 0 bridgehead atoms. The minimum absolute atomic E-state index is 0.264. The average Bonchev–Trinajstić information content (AvgIpc) is 2.94. The smallest absolute Gasteiger partial charge is 0.162 e. The lowest BCUT2D eigenvalue weighted by Crippen LogP contribution is -2.28. The molecule has 112 valence electrons. The highest BCUT2D eigenvalue weighted by atomic mass is 16.5. The van der Waals surface area contributed by atoms with E-state index in [0.29, 0.717) is 0 Å². The largest absolute Gasteiger partial charge is 0.370 e. The molecule has 20 heavy (non-hydrogen) atoms. The van der Waals surface area contributed by atoms with E-state index in [1.165, 1.54) is 18.4 Å². The molecule has 4 nitrogen and oxygen atoms in total. The Morgan fingerprint density at radius 1 is 1.20 bits per heavy atom. The van der Waals surface area contributed by atoms with Crippen molar-refractivity contribution < 1.29 is 4.74 Å². The summed E-state index contributed by atoms with van der Waals surface area (Å²) in [5.74, 6) is 1.87. The van der Waals surface area contributed by atoms with Crippen LogP contribution in [0.2, 0.25) is 0 Å². The van der Waals surface area contributed by atoms with Crippen molar-refractivity contribution in [2.24, 2.45) is 0 Å². The molecule has 0 aromatic carbocycles. The number of methoxy groups -OCH3 is 1. The molecule has 1 heterocycles.